The minimum Gasteiger partial charge on any atom is -0.492 e. The van der Waals surface area contributed by atoms with Crippen LogP contribution in [-0.2, 0) is 4.79 Å². The fourth-order valence-electron chi connectivity index (χ4n) is 5.79. The van der Waals surface area contributed by atoms with Gasteiger partial charge < -0.3 is 35.6 Å². The second-order valence-corrected chi connectivity index (χ2v) is 11.9. The first kappa shape index (κ1) is 31.5. The molecule has 0 spiro atoms. The van der Waals surface area contributed by atoms with Crippen LogP contribution in [0.5, 0.6) is 11.5 Å². The van der Waals surface area contributed by atoms with Crippen molar-refractivity contribution in [1.29, 1.82) is 5.26 Å². The predicted octanol–water partition coefficient (Wildman–Crippen LogP) is 5.47. The lowest BCUT2D eigenvalue weighted by Gasteiger charge is -2.34. The predicted molar refractivity (Wildman–Crippen MR) is 170 cm³/mol. The maximum atomic E-state index is 12.8. The molecular formula is C33H48N6O3. The van der Waals surface area contributed by atoms with Gasteiger partial charge in [-0.05, 0) is 102 Å². The number of rotatable bonds is 12. The van der Waals surface area contributed by atoms with E-state index in [-0.39, 0.29) is 17.9 Å². The molecule has 0 saturated carbocycles. The lowest BCUT2D eigenvalue weighted by molar-refractivity contribution is -0.116. The molecule has 2 aliphatic heterocycles. The number of nitrogens with one attached hydrogen (secondary N) is 4. The van der Waals surface area contributed by atoms with E-state index < -0.39 is 0 Å². The minimum atomic E-state index is -0.311. The Balaban J connectivity index is 1.56. The number of carbonyl (C=O) groups excluding carboxylic acids is 1. The van der Waals surface area contributed by atoms with E-state index in [1.54, 1.807) is 0 Å². The van der Waals surface area contributed by atoms with Crippen LogP contribution in [0.1, 0.15) is 62.3 Å². The van der Waals surface area contributed by atoms with E-state index in [2.05, 4.69) is 53.0 Å². The Kier molecular flexibility index (Phi) is 10.9. The number of fused-ring (bicyclic) bond motifs is 1. The highest BCUT2D eigenvalue weighted by Crippen LogP contribution is 2.42. The quantitative estimate of drug-likeness (QED) is 0.263. The number of carbonyl (C=O) groups is 1. The summed E-state index contributed by atoms with van der Waals surface area (Å²) < 4.78 is 12.2. The molecule has 0 aromatic heterocycles. The Bertz CT molecular complexity index is 1270. The average Bonchev–Trinajstić information content (AvgIpc) is 2.96. The molecule has 1 amide bonds. The third-order valence-corrected chi connectivity index (χ3v) is 8.55. The summed E-state index contributed by atoms with van der Waals surface area (Å²) in [5.41, 5.74) is 5.59. The average molecular weight is 577 g/mol. The van der Waals surface area contributed by atoms with Crippen molar-refractivity contribution in [3.63, 3.8) is 0 Å². The van der Waals surface area contributed by atoms with Crippen molar-refractivity contribution >= 4 is 23.0 Å². The fourth-order valence-corrected chi connectivity index (χ4v) is 5.79. The van der Waals surface area contributed by atoms with Crippen molar-refractivity contribution in [3.8, 4) is 17.6 Å². The Morgan fingerprint density at radius 2 is 1.95 bits per heavy atom. The molecule has 1 saturated heterocycles. The highest BCUT2D eigenvalue weighted by atomic mass is 16.5. The van der Waals surface area contributed by atoms with Gasteiger partial charge in [0, 0.05) is 42.0 Å². The number of hydrogen-bond donors (Lipinski definition) is 4. The number of amides is 1. The van der Waals surface area contributed by atoms with Crippen LogP contribution in [0.25, 0.3) is 0 Å². The molecule has 2 heterocycles. The molecule has 4 unspecified atom stereocenters. The summed E-state index contributed by atoms with van der Waals surface area (Å²) in [6.45, 7) is 11.9. The van der Waals surface area contributed by atoms with Crippen LogP contribution in [-0.4, -0.2) is 63.8 Å². The third-order valence-electron chi connectivity index (χ3n) is 8.55. The van der Waals surface area contributed by atoms with E-state index in [0.29, 0.717) is 49.6 Å². The summed E-state index contributed by atoms with van der Waals surface area (Å²) in [6.07, 6.45) is 3.64. The van der Waals surface area contributed by atoms with Gasteiger partial charge in [-0.15, -0.1) is 0 Å². The SMILES string of the molecule is CCOc1cc2c(cc1NC(=O)CCCN(C)C)C(Nc1ccc(OCC3NCCCC3C)c(C)c1C)C(C#N)CN2. The van der Waals surface area contributed by atoms with Crippen molar-refractivity contribution in [3.05, 3.63) is 41.0 Å². The van der Waals surface area contributed by atoms with Gasteiger partial charge in [-0.2, -0.15) is 5.26 Å². The minimum absolute atomic E-state index is 0.0530. The third kappa shape index (κ3) is 7.67. The molecule has 2 aromatic rings. The van der Waals surface area contributed by atoms with E-state index >= 15 is 0 Å². The summed E-state index contributed by atoms with van der Waals surface area (Å²) in [5, 5.41) is 23.8. The number of piperidine rings is 1. The Labute approximate surface area is 251 Å². The van der Waals surface area contributed by atoms with Crippen molar-refractivity contribution in [2.75, 3.05) is 62.9 Å². The number of benzene rings is 2. The molecule has 1 fully saturated rings. The van der Waals surface area contributed by atoms with Crippen LogP contribution >= 0.6 is 0 Å². The summed E-state index contributed by atoms with van der Waals surface area (Å²) in [7, 11) is 4.00. The van der Waals surface area contributed by atoms with Crippen LogP contribution < -0.4 is 30.7 Å². The van der Waals surface area contributed by atoms with E-state index in [0.717, 1.165) is 53.3 Å². The molecule has 0 aliphatic carbocycles. The molecule has 0 radical (unpaired) electrons. The number of ether oxygens (including phenoxy) is 2. The standard InChI is InChI=1S/C33H48N6O3/c1-7-41-31-17-27-25(16-28(31)37-32(40)11-9-15-39(5)6)33(24(18-34)19-36-27)38-26-12-13-30(23(4)22(26)3)42-20-29-21(2)10-8-14-35-29/h12-13,16-17,21,24,29,33,35-36,38H,7-11,14-15,19-20H2,1-6H3,(H,37,40). The highest BCUT2D eigenvalue weighted by Gasteiger charge is 2.32. The molecule has 2 aromatic carbocycles. The first-order valence-electron chi connectivity index (χ1n) is 15.3. The Morgan fingerprint density at radius 3 is 2.67 bits per heavy atom. The molecule has 0 bridgehead atoms. The molecule has 9 heteroatoms. The van der Waals surface area contributed by atoms with Gasteiger partial charge in [0.05, 0.1) is 30.3 Å². The summed E-state index contributed by atoms with van der Waals surface area (Å²) in [4.78, 5) is 14.9. The van der Waals surface area contributed by atoms with Gasteiger partial charge in [0.1, 0.15) is 18.1 Å². The number of nitrogens with zero attached hydrogens (tertiary/aromatic N) is 2. The molecule has 42 heavy (non-hydrogen) atoms. The molecule has 228 valence electrons. The van der Waals surface area contributed by atoms with E-state index in [1.807, 2.05) is 45.3 Å². The largest absolute Gasteiger partial charge is 0.492 e. The maximum absolute atomic E-state index is 12.8. The second-order valence-electron chi connectivity index (χ2n) is 11.9. The summed E-state index contributed by atoms with van der Waals surface area (Å²) in [6, 6.07) is 10.5. The van der Waals surface area contributed by atoms with Gasteiger partial charge in [0.15, 0.2) is 0 Å². The molecule has 4 N–H and O–H groups in total. The monoisotopic (exact) mass is 576 g/mol. The Morgan fingerprint density at radius 1 is 1.14 bits per heavy atom. The fraction of sp³-hybridized carbons (Fsp3) is 0.576. The van der Waals surface area contributed by atoms with E-state index in [4.69, 9.17) is 9.47 Å². The molecule has 9 nitrogen and oxygen atoms in total. The first-order chi connectivity index (χ1) is 20.2. The maximum Gasteiger partial charge on any atom is 0.224 e. The Hall–Kier alpha value is -3.48. The van der Waals surface area contributed by atoms with Crippen LogP contribution in [0.15, 0.2) is 24.3 Å². The molecule has 4 atom stereocenters. The normalized spacial score (nSPS) is 21.6. The van der Waals surface area contributed by atoms with Gasteiger partial charge in [-0.1, -0.05) is 6.92 Å². The van der Waals surface area contributed by atoms with Crippen molar-refractivity contribution in [2.24, 2.45) is 11.8 Å². The zero-order valence-electron chi connectivity index (χ0n) is 26.1. The number of hydrogen-bond acceptors (Lipinski definition) is 8. The number of nitriles is 1. The first-order valence-corrected chi connectivity index (χ1v) is 15.3. The molecule has 2 aliphatic rings. The van der Waals surface area contributed by atoms with Crippen LogP contribution in [0.4, 0.5) is 17.1 Å². The summed E-state index contributed by atoms with van der Waals surface area (Å²) in [5.74, 6) is 1.74. The lowest BCUT2D eigenvalue weighted by Crippen LogP contribution is -2.44. The van der Waals surface area contributed by atoms with E-state index in [1.165, 1.54) is 12.8 Å². The van der Waals surface area contributed by atoms with Crippen LogP contribution in [0.3, 0.4) is 0 Å². The lowest BCUT2D eigenvalue weighted by atomic mass is 9.88. The van der Waals surface area contributed by atoms with Crippen LogP contribution in [0, 0.1) is 37.0 Å². The van der Waals surface area contributed by atoms with Gasteiger partial charge in [0.25, 0.3) is 0 Å². The topological polar surface area (TPSA) is 111 Å². The second kappa shape index (κ2) is 14.6. The van der Waals surface area contributed by atoms with Crippen molar-refractivity contribution in [1.82, 2.24) is 10.2 Å². The highest BCUT2D eigenvalue weighted by molar-refractivity contribution is 5.93. The zero-order chi connectivity index (χ0) is 30.2. The van der Waals surface area contributed by atoms with Crippen molar-refractivity contribution < 1.29 is 14.3 Å². The molecule has 4 rings (SSSR count). The molecular weight excluding hydrogens is 528 g/mol. The van der Waals surface area contributed by atoms with Gasteiger partial charge in [-0.3, -0.25) is 4.79 Å². The van der Waals surface area contributed by atoms with Gasteiger partial charge >= 0.3 is 0 Å². The van der Waals surface area contributed by atoms with Crippen molar-refractivity contribution in [2.45, 2.75) is 65.5 Å². The van der Waals surface area contributed by atoms with Gasteiger partial charge in [0.2, 0.25) is 5.91 Å². The zero-order valence-corrected chi connectivity index (χ0v) is 26.1. The number of anilines is 3. The summed E-state index contributed by atoms with van der Waals surface area (Å²) >= 11 is 0. The van der Waals surface area contributed by atoms with E-state index in [9.17, 15) is 10.1 Å². The van der Waals surface area contributed by atoms with Gasteiger partial charge in [-0.25, -0.2) is 0 Å². The smallest absolute Gasteiger partial charge is 0.224 e. The van der Waals surface area contributed by atoms with Crippen LogP contribution in [0.2, 0.25) is 0 Å².